The van der Waals surface area contributed by atoms with Crippen molar-refractivity contribution in [3.63, 3.8) is 0 Å². The predicted octanol–water partition coefficient (Wildman–Crippen LogP) is 3.80. The third kappa shape index (κ3) is 2.35. The molecule has 21 heavy (non-hydrogen) atoms. The summed E-state index contributed by atoms with van der Waals surface area (Å²) in [6.45, 7) is 2.08. The van der Waals surface area contributed by atoms with E-state index in [1.807, 2.05) is 0 Å². The van der Waals surface area contributed by atoms with Crippen LogP contribution in [-0.2, 0) is 6.42 Å². The number of carboxylic acid groups (broad SMARTS) is 1. The molecular formula is C17H19NO3. The molecule has 0 saturated heterocycles. The van der Waals surface area contributed by atoms with Crippen molar-refractivity contribution < 1.29 is 14.7 Å². The molecular weight excluding hydrogens is 266 g/mol. The molecule has 2 N–H and O–H groups in total. The van der Waals surface area contributed by atoms with Gasteiger partial charge in [0.15, 0.2) is 5.78 Å². The first-order chi connectivity index (χ1) is 10.1. The molecule has 1 saturated carbocycles. The van der Waals surface area contributed by atoms with Gasteiger partial charge >= 0.3 is 5.97 Å². The molecule has 1 aliphatic rings. The van der Waals surface area contributed by atoms with Gasteiger partial charge in [-0.25, -0.2) is 4.79 Å². The van der Waals surface area contributed by atoms with Crippen LogP contribution in [0.4, 0.5) is 0 Å². The highest BCUT2D eigenvalue weighted by atomic mass is 16.4. The van der Waals surface area contributed by atoms with Gasteiger partial charge in [0, 0.05) is 28.1 Å². The number of aromatic carboxylic acids is 1. The highest BCUT2D eigenvalue weighted by molar-refractivity contribution is 6.11. The molecule has 4 nitrogen and oxygen atoms in total. The predicted molar refractivity (Wildman–Crippen MR) is 80.9 cm³/mol. The number of nitrogens with one attached hydrogen (secondary N) is 1. The van der Waals surface area contributed by atoms with Crippen LogP contribution in [-0.4, -0.2) is 21.8 Å². The van der Waals surface area contributed by atoms with Crippen LogP contribution in [0.5, 0.6) is 0 Å². The summed E-state index contributed by atoms with van der Waals surface area (Å²) in [6, 6.07) is 4.96. The average molecular weight is 285 g/mol. The number of rotatable bonds is 5. The van der Waals surface area contributed by atoms with Crippen LogP contribution in [0, 0.1) is 5.92 Å². The van der Waals surface area contributed by atoms with Gasteiger partial charge in [0.2, 0.25) is 0 Å². The Morgan fingerprint density at radius 3 is 2.67 bits per heavy atom. The number of aromatic nitrogens is 1. The standard InChI is InChI=1S/C17H19NO3/c1-2-4-13-15(16(19)10-5-3-6-10)12-8-7-11(17(20)21)9-14(12)18-13/h7-10,18H,2-6H2,1H3,(H,20,21). The van der Waals surface area contributed by atoms with Crippen molar-refractivity contribution in [3.8, 4) is 0 Å². The smallest absolute Gasteiger partial charge is 0.335 e. The van der Waals surface area contributed by atoms with Gasteiger partial charge in [0.25, 0.3) is 0 Å². The fourth-order valence-electron chi connectivity index (χ4n) is 2.98. The molecule has 0 aliphatic heterocycles. The summed E-state index contributed by atoms with van der Waals surface area (Å²) in [5.74, 6) is -0.576. The van der Waals surface area contributed by atoms with E-state index in [4.69, 9.17) is 5.11 Å². The fraction of sp³-hybridized carbons (Fsp3) is 0.412. The second-order valence-electron chi connectivity index (χ2n) is 5.79. The molecule has 4 heteroatoms. The Morgan fingerprint density at radius 2 is 2.10 bits per heavy atom. The minimum absolute atomic E-state index is 0.152. The minimum atomic E-state index is -0.949. The number of carboxylic acids is 1. The maximum Gasteiger partial charge on any atom is 0.335 e. The Labute approximate surface area is 123 Å². The summed E-state index contributed by atoms with van der Waals surface area (Å²) in [6.07, 6.45) is 4.84. The largest absolute Gasteiger partial charge is 0.478 e. The number of Topliss-reactive ketones (excluding diaryl/α,β-unsaturated/α-hetero) is 1. The zero-order chi connectivity index (χ0) is 15.0. The van der Waals surface area contributed by atoms with Crippen molar-refractivity contribution in [3.05, 3.63) is 35.0 Å². The van der Waals surface area contributed by atoms with Crippen molar-refractivity contribution in [2.75, 3.05) is 0 Å². The third-order valence-electron chi connectivity index (χ3n) is 4.35. The number of hydrogen-bond acceptors (Lipinski definition) is 2. The van der Waals surface area contributed by atoms with E-state index in [1.54, 1.807) is 18.2 Å². The van der Waals surface area contributed by atoms with Crippen LogP contribution in [0.1, 0.15) is 59.0 Å². The number of aryl methyl sites for hydroxylation is 1. The van der Waals surface area contributed by atoms with E-state index in [2.05, 4.69) is 11.9 Å². The second-order valence-corrected chi connectivity index (χ2v) is 5.79. The maximum atomic E-state index is 12.7. The van der Waals surface area contributed by atoms with Gasteiger partial charge in [-0.15, -0.1) is 0 Å². The number of aromatic amines is 1. The molecule has 2 aromatic rings. The van der Waals surface area contributed by atoms with Gasteiger partial charge in [-0.05, 0) is 31.4 Å². The highest BCUT2D eigenvalue weighted by Crippen LogP contribution is 2.34. The van der Waals surface area contributed by atoms with Gasteiger partial charge < -0.3 is 10.1 Å². The monoisotopic (exact) mass is 285 g/mol. The number of carbonyl (C=O) groups excluding carboxylic acids is 1. The first-order valence-corrected chi connectivity index (χ1v) is 7.54. The second kappa shape index (κ2) is 5.35. The van der Waals surface area contributed by atoms with Crippen LogP contribution >= 0.6 is 0 Å². The number of hydrogen-bond donors (Lipinski definition) is 2. The number of carbonyl (C=O) groups is 2. The summed E-state index contributed by atoms with van der Waals surface area (Å²) in [7, 11) is 0. The summed E-state index contributed by atoms with van der Waals surface area (Å²) >= 11 is 0. The lowest BCUT2D eigenvalue weighted by Gasteiger charge is -2.24. The van der Waals surface area contributed by atoms with E-state index in [0.717, 1.165) is 54.3 Å². The van der Waals surface area contributed by atoms with E-state index in [-0.39, 0.29) is 17.3 Å². The third-order valence-corrected chi connectivity index (χ3v) is 4.35. The normalized spacial score (nSPS) is 15.1. The molecule has 0 atom stereocenters. The zero-order valence-electron chi connectivity index (χ0n) is 12.1. The highest BCUT2D eigenvalue weighted by Gasteiger charge is 2.30. The Morgan fingerprint density at radius 1 is 1.33 bits per heavy atom. The summed E-state index contributed by atoms with van der Waals surface area (Å²) in [5.41, 5.74) is 2.73. The maximum absolute atomic E-state index is 12.7. The molecule has 1 aliphatic carbocycles. The Kier molecular flexibility index (Phi) is 3.53. The Bertz CT molecular complexity index is 710. The molecule has 0 radical (unpaired) electrons. The van der Waals surface area contributed by atoms with Crippen molar-refractivity contribution in [2.24, 2.45) is 5.92 Å². The van der Waals surface area contributed by atoms with Crippen molar-refractivity contribution >= 4 is 22.7 Å². The molecule has 0 amide bonds. The molecule has 110 valence electrons. The lowest BCUT2D eigenvalue weighted by atomic mass is 9.79. The first-order valence-electron chi connectivity index (χ1n) is 7.54. The van der Waals surface area contributed by atoms with Crippen LogP contribution < -0.4 is 0 Å². The molecule has 1 heterocycles. The molecule has 3 rings (SSSR count). The van der Waals surface area contributed by atoms with E-state index >= 15 is 0 Å². The van der Waals surface area contributed by atoms with Crippen LogP contribution in [0.2, 0.25) is 0 Å². The van der Waals surface area contributed by atoms with Gasteiger partial charge in [0.05, 0.1) is 5.56 Å². The number of benzene rings is 1. The molecule has 0 unspecified atom stereocenters. The Balaban J connectivity index is 2.12. The average Bonchev–Trinajstić information content (AvgIpc) is 2.73. The van der Waals surface area contributed by atoms with E-state index in [9.17, 15) is 9.59 Å². The van der Waals surface area contributed by atoms with Crippen LogP contribution in [0.15, 0.2) is 18.2 Å². The molecule has 1 aromatic heterocycles. The fourth-order valence-corrected chi connectivity index (χ4v) is 2.98. The Hall–Kier alpha value is -2.10. The summed E-state index contributed by atoms with van der Waals surface area (Å²) < 4.78 is 0. The topological polar surface area (TPSA) is 70.2 Å². The van der Waals surface area contributed by atoms with Crippen LogP contribution in [0.3, 0.4) is 0 Å². The molecule has 1 aromatic carbocycles. The molecule has 0 bridgehead atoms. The van der Waals surface area contributed by atoms with Crippen molar-refractivity contribution in [1.82, 2.24) is 4.98 Å². The van der Waals surface area contributed by atoms with Crippen molar-refractivity contribution in [2.45, 2.75) is 39.0 Å². The number of ketones is 1. The van der Waals surface area contributed by atoms with Gasteiger partial charge in [-0.2, -0.15) is 0 Å². The molecule has 0 spiro atoms. The lowest BCUT2D eigenvalue weighted by Crippen LogP contribution is -2.22. The first kappa shape index (κ1) is 13.9. The van der Waals surface area contributed by atoms with Gasteiger partial charge in [0.1, 0.15) is 0 Å². The minimum Gasteiger partial charge on any atom is -0.478 e. The van der Waals surface area contributed by atoms with E-state index in [1.165, 1.54) is 0 Å². The van der Waals surface area contributed by atoms with Crippen LogP contribution in [0.25, 0.3) is 10.9 Å². The number of fused-ring (bicyclic) bond motifs is 1. The summed E-state index contributed by atoms with van der Waals surface area (Å²) in [5, 5.41) is 9.95. The lowest BCUT2D eigenvalue weighted by molar-refractivity contribution is 0.0696. The van der Waals surface area contributed by atoms with E-state index < -0.39 is 5.97 Å². The zero-order valence-corrected chi connectivity index (χ0v) is 12.1. The quantitative estimate of drug-likeness (QED) is 0.821. The summed E-state index contributed by atoms with van der Waals surface area (Å²) in [4.78, 5) is 27.0. The van der Waals surface area contributed by atoms with E-state index in [0.29, 0.717) is 0 Å². The van der Waals surface area contributed by atoms with Gasteiger partial charge in [-0.1, -0.05) is 25.8 Å². The molecule has 1 fully saturated rings. The van der Waals surface area contributed by atoms with Crippen molar-refractivity contribution in [1.29, 1.82) is 0 Å². The SMILES string of the molecule is CCCc1[nH]c2cc(C(=O)O)ccc2c1C(=O)C1CCC1. The van der Waals surface area contributed by atoms with Gasteiger partial charge in [-0.3, -0.25) is 4.79 Å². The number of H-pyrrole nitrogens is 1.